The number of rotatable bonds is 5. The number of amides is 1. The molecule has 2 aromatic carbocycles. The number of aryl methyl sites for hydroxylation is 2. The minimum absolute atomic E-state index is 0.0618. The van der Waals surface area contributed by atoms with E-state index >= 15 is 0 Å². The third-order valence-corrected chi connectivity index (χ3v) is 11.7. The molecule has 1 aliphatic carbocycles. The number of carbonyl (C=O) groups is 1. The summed E-state index contributed by atoms with van der Waals surface area (Å²) in [5, 5.41) is 0. The second-order valence-corrected chi connectivity index (χ2v) is 16.5. The molecular weight excluding hydrogens is 651 g/mol. The molecule has 1 amide bonds. The van der Waals surface area contributed by atoms with Crippen molar-refractivity contribution in [3.8, 4) is 17.1 Å². The van der Waals surface area contributed by atoms with Gasteiger partial charge in [0.15, 0.2) is 0 Å². The van der Waals surface area contributed by atoms with Crippen molar-refractivity contribution in [2.75, 3.05) is 22.8 Å². The van der Waals surface area contributed by atoms with Gasteiger partial charge in [-0.2, -0.15) is 4.98 Å². The summed E-state index contributed by atoms with van der Waals surface area (Å²) in [5.41, 5.74) is 4.44. The van der Waals surface area contributed by atoms with Crippen LogP contribution in [-0.2, 0) is 16.6 Å². The minimum Gasteiger partial charge on any atom is -0.475 e. The first kappa shape index (κ1) is 33.9. The number of aromatic nitrogens is 4. The van der Waals surface area contributed by atoms with E-state index in [2.05, 4.69) is 45.3 Å². The lowest BCUT2D eigenvalue weighted by Gasteiger charge is -2.49. The van der Waals surface area contributed by atoms with Crippen molar-refractivity contribution < 1.29 is 17.9 Å². The molecule has 2 fully saturated rings. The number of anilines is 2. The number of carbonyl (C=O) groups excluding carboxylic acids is 1. The molecule has 262 valence electrons. The number of ether oxygens (including phenoxy) is 1. The van der Waals surface area contributed by atoms with Crippen LogP contribution in [0.5, 0.6) is 5.88 Å². The van der Waals surface area contributed by atoms with E-state index in [1.54, 1.807) is 35.5 Å². The average molecular weight is 696 g/mol. The summed E-state index contributed by atoms with van der Waals surface area (Å²) in [6, 6.07) is 13.8. The molecule has 12 heteroatoms. The molecule has 1 saturated carbocycles. The van der Waals surface area contributed by atoms with Crippen molar-refractivity contribution in [2.24, 2.45) is 11.3 Å². The lowest BCUT2D eigenvalue weighted by Crippen LogP contribution is -2.53. The van der Waals surface area contributed by atoms with Crippen LogP contribution in [0.3, 0.4) is 0 Å². The van der Waals surface area contributed by atoms with Crippen molar-refractivity contribution in [1.29, 1.82) is 0 Å². The summed E-state index contributed by atoms with van der Waals surface area (Å²) in [4.78, 5) is 37.4. The molecular formula is C38H45N7O4S. The van der Waals surface area contributed by atoms with Gasteiger partial charge in [0.25, 0.3) is 15.9 Å². The highest BCUT2D eigenvalue weighted by Crippen LogP contribution is 2.48. The lowest BCUT2D eigenvalue weighted by molar-refractivity contribution is -0.00721. The molecule has 4 aromatic rings. The van der Waals surface area contributed by atoms with Gasteiger partial charge in [0.05, 0.1) is 41.3 Å². The zero-order valence-electron chi connectivity index (χ0n) is 29.4. The first-order chi connectivity index (χ1) is 23.9. The normalized spacial score (nSPS) is 21.9. The van der Waals surface area contributed by atoms with Crippen LogP contribution in [0, 0.1) is 25.2 Å². The SMILES string of the molecule is Cc1cccc(C)c1-c1cc2nc(n1)NS(=O)(=O)c1cccc(c1)C(=O)N(Cc1cncc(N3CCCC[C@H]3C)n1)[C@@H](C1CC(C)(C)C1)CO2. The summed E-state index contributed by atoms with van der Waals surface area (Å²) < 4.78 is 36.6. The summed E-state index contributed by atoms with van der Waals surface area (Å²) >= 11 is 0. The van der Waals surface area contributed by atoms with E-state index < -0.39 is 10.0 Å². The van der Waals surface area contributed by atoms with E-state index in [9.17, 15) is 13.2 Å². The molecule has 0 spiro atoms. The van der Waals surface area contributed by atoms with Crippen molar-refractivity contribution in [2.45, 2.75) is 90.2 Å². The van der Waals surface area contributed by atoms with Gasteiger partial charge in [-0.05, 0) is 93.5 Å². The Kier molecular flexibility index (Phi) is 9.00. The van der Waals surface area contributed by atoms with Crippen LogP contribution in [0.2, 0.25) is 0 Å². The molecule has 0 radical (unpaired) electrons. The summed E-state index contributed by atoms with van der Waals surface area (Å²) in [5.74, 6) is 0.762. The van der Waals surface area contributed by atoms with E-state index in [-0.39, 0.29) is 58.7 Å². The first-order valence-corrected chi connectivity index (χ1v) is 19.0. The second-order valence-electron chi connectivity index (χ2n) is 14.9. The number of benzene rings is 2. The van der Waals surface area contributed by atoms with Gasteiger partial charge in [-0.15, -0.1) is 0 Å². The molecule has 2 atom stereocenters. The molecule has 1 saturated heterocycles. The maximum Gasteiger partial charge on any atom is 0.264 e. The molecule has 2 aromatic heterocycles. The highest BCUT2D eigenvalue weighted by molar-refractivity contribution is 7.92. The highest BCUT2D eigenvalue weighted by atomic mass is 32.2. The Labute approximate surface area is 294 Å². The summed E-state index contributed by atoms with van der Waals surface area (Å²) in [7, 11) is -4.17. The second kappa shape index (κ2) is 13.3. The van der Waals surface area contributed by atoms with Gasteiger partial charge >= 0.3 is 0 Å². The van der Waals surface area contributed by atoms with Gasteiger partial charge in [0.1, 0.15) is 12.4 Å². The largest absolute Gasteiger partial charge is 0.475 e. The number of sulfonamides is 1. The number of nitrogens with one attached hydrogen (secondary N) is 1. The smallest absolute Gasteiger partial charge is 0.264 e. The zero-order valence-corrected chi connectivity index (χ0v) is 30.2. The van der Waals surface area contributed by atoms with Gasteiger partial charge in [-0.3, -0.25) is 9.78 Å². The first-order valence-electron chi connectivity index (χ1n) is 17.5. The molecule has 1 N–H and O–H groups in total. The van der Waals surface area contributed by atoms with Gasteiger partial charge in [-0.1, -0.05) is 38.1 Å². The Morgan fingerprint density at radius 3 is 2.48 bits per heavy atom. The molecule has 3 aliphatic rings. The lowest BCUT2D eigenvalue weighted by atomic mass is 9.62. The average Bonchev–Trinajstić information content (AvgIpc) is 3.06. The van der Waals surface area contributed by atoms with Crippen LogP contribution in [-0.4, -0.2) is 64.4 Å². The summed E-state index contributed by atoms with van der Waals surface area (Å²) in [6.45, 7) is 11.9. The Morgan fingerprint density at radius 2 is 1.74 bits per heavy atom. The van der Waals surface area contributed by atoms with Crippen molar-refractivity contribution >= 4 is 27.7 Å². The minimum atomic E-state index is -4.17. The van der Waals surface area contributed by atoms with Crippen LogP contribution in [0.15, 0.2) is 65.8 Å². The van der Waals surface area contributed by atoms with Gasteiger partial charge in [0, 0.05) is 29.8 Å². The third kappa shape index (κ3) is 6.90. The maximum absolute atomic E-state index is 14.7. The molecule has 0 unspecified atom stereocenters. The number of piperidine rings is 1. The Hall–Kier alpha value is -4.58. The van der Waals surface area contributed by atoms with Crippen LogP contribution in [0.25, 0.3) is 11.3 Å². The Morgan fingerprint density at radius 1 is 0.980 bits per heavy atom. The standard InChI is InChI=1S/C38H45N7O4S/c1-24-10-8-11-25(2)35(24)31-17-34-42-37(41-31)43-50(47,48)30-14-9-13-27(16-30)36(46)45(32(23-49-34)28-18-38(4,5)19-28)22-29-20-39-21-33(40-29)44-15-7-6-12-26(44)3/h8-11,13-14,16-17,20-21,26,28,32H,6-7,12,15,18-19,22-23H2,1-5H3,(H,41,42,43)/t26-,32-/m1/s1. The molecule has 4 heterocycles. The van der Waals surface area contributed by atoms with E-state index in [0.29, 0.717) is 17.4 Å². The fourth-order valence-electron chi connectivity index (χ4n) is 7.88. The third-order valence-electron chi connectivity index (χ3n) is 10.4. The van der Waals surface area contributed by atoms with Gasteiger partial charge in [-0.25, -0.2) is 23.1 Å². The number of hydrogen-bond acceptors (Lipinski definition) is 9. The van der Waals surface area contributed by atoms with E-state index in [1.165, 1.54) is 18.6 Å². The molecule has 50 heavy (non-hydrogen) atoms. The topological polar surface area (TPSA) is 131 Å². The molecule has 4 bridgehead atoms. The van der Waals surface area contributed by atoms with E-state index in [0.717, 1.165) is 54.7 Å². The number of hydrogen-bond donors (Lipinski definition) is 1. The number of fused-ring (bicyclic) bond motifs is 4. The van der Waals surface area contributed by atoms with Gasteiger partial charge in [0.2, 0.25) is 11.8 Å². The van der Waals surface area contributed by atoms with Crippen molar-refractivity contribution in [3.63, 3.8) is 0 Å². The van der Waals surface area contributed by atoms with E-state index in [1.807, 2.05) is 32.0 Å². The fraction of sp³-hybridized carbons (Fsp3) is 0.447. The Bertz CT molecular complexity index is 2010. The van der Waals surface area contributed by atoms with Crippen LogP contribution >= 0.6 is 0 Å². The van der Waals surface area contributed by atoms with Crippen LogP contribution < -0.4 is 14.4 Å². The molecule has 7 rings (SSSR count). The predicted octanol–water partition coefficient (Wildman–Crippen LogP) is 6.57. The van der Waals surface area contributed by atoms with Gasteiger partial charge < -0.3 is 14.5 Å². The van der Waals surface area contributed by atoms with Crippen LogP contribution in [0.1, 0.15) is 80.1 Å². The van der Waals surface area contributed by atoms with Crippen molar-refractivity contribution in [3.05, 3.63) is 83.3 Å². The Balaban J connectivity index is 1.33. The van der Waals surface area contributed by atoms with Crippen molar-refractivity contribution in [1.82, 2.24) is 24.8 Å². The monoisotopic (exact) mass is 695 g/mol. The molecule has 11 nitrogen and oxygen atoms in total. The quantitative estimate of drug-likeness (QED) is 0.246. The summed E-state index contributed by atoms with van der Waals surface area (Å²) in [6.07, 6.45) is 8.70. The predicted molar refractivity (Wildman–Crippen MR) is 193 cm³/mol. The molecule has 2 aliphatic heterocycles. The maximum atomic E-state index is 14.7. The highest BCUT2D eigenvalue weighted by Gasteiger charge is 2.44. The van der Waals surface area contributed by atoms with Crippen LogP contribution in [0.4, 0.5) is 11.8 Å². The fourth-order valence-corrected chi connectivity index (χ4v) is 8.87. The number of nitrogens with zero attached hydrogens (tertiary/aromatic N) is 6. The van der Waals surface area contributed by atoms with E-state index in [4.69, 9.17) is 9.72 Å². The zero-order chi connectivity index (χ0) is 35.2.